The molecule has 33 heavy (non-hydrogen) atoms. The predicted octanol–water partition coefficient (Wildman–Crippen LogP) is 5.45. The molecule has 2 amide bonds. The number of anilines is 1. The van der Waals surface area contributed by atoms with Crippen LogP contribution in [0.1, 0.15) is 52.6 Å². The average Bonchev–Trinajstić information content (AvgIpc) is 3.03. The lowest BCUT2D eigenvalue weighted by Crippen LogP contribution is -2.30. The molecule has 0 aliphatic carbocycles. The first-order valence-corrected chi connectivity index (χ1v) is 10.7. The van der Waals surface area contributed by atoms with Crippen molar-refractivity contribution in [2.45, 2.75) is 13.8 Å². The third-order valence-corrected chi connectivity index (χ3v) is 6.10. The van der Waals surface area contributed by atoms with E-state index < -0.39 is 30.2 Å². The molecule has 0 saturated carbocycles. The molecule has 0 N–H and O–H groups in total. The third kappa shape index (κ3) is 4.15. The van der Waals surface area contributed by atoms with E-state index in [0.717, 1.165) is 16.0 Å². The van der Waals surface area contributed by atoms with Crippen LogP contribution in [0.15, 0.2) is 54.6 Å². The summed E-state index contributed by atoms with van der Waals surface area (Å²) in [5.41, 5.74) is 2.70. The topological polar surface area (TPSA) is 80.8 Å². The van der Waals surface area contributed by atoms with E-state index >= 15 is 0 Å². The lowest BCUT2D eigenvalue weighted by atomic mass is 10.1. The lowest BCUT2D eigenvalue weighted by molar-refractivity contribution is 0.0474. The third-order valence-electron chi connectivity index (χ3n) is 5.36. The summed E-state index contributed by atoms with van der Waals surface area (Å²) in [7, 11) is 0. The van der Waals surface area contributed by atoms with Crippen LogP contribution in [0.25, 0.3) is 0 Å². The van der Waals surface area contributed by atoms with Gasteiger partial charge in [0.1, 0.15) is 0 Å². The van der Waals surface area contributed by atoms with E-state index in [0.29, 0.717) is 10.7 Å². The van der Waals surface area contributed by atoms with Crippen molar-refractivity contribution in [3.8, 4) is 0 Å². The van der Waals surface area contributed by atoms with Crippen LogP contribution < -0.4 is 4.90 Å². The number of benzene rings is 3. The number of carbonyl (C=O) groups is 4. The molecule has 8 heteroatoms. The smallest absolute Gasteiger partial charge is 0.338 e. The second-order valence-electron chi connectivity index (χ2n) is 7.57. The van der Waals surface area contributed by atoms with Gasteiger partial charge in [-0.3, -0.25) is 14.4 Å². The van der Waals surface area contributed by atoms with Gasteiger partial charge in [-0.1, -0.05) is 41.4 Å². The van der Waals surface area contributed by atoms with Gasteiger partial charge >= 0.3 is 5.97 Å². The van der Waals surface area contributed by atoms with Crippen molar-refractivity contribution in [2.24, 2.45) is 0 Å². The maximum Gasteiger partial charge on any atom is 0.338 e. The van der Waals surface area contributed by atoms with Gasteiger partial charge in [-0.2, -0.15) is 0 Å². The number of hydrogen-bond donors (Lipinski definition) is 0. The molecular weight excluding hydrogens is 465 g/mol. The lowest BCUT2D eigenvalue weighted by Gasteiger charge is -2.19. The number of ether oxygens (including phenoxy) is 1. The highest BCUT2D eigenvalue weighted by molar-refractivity contribution is 6.42. The number of Topliss-reactive ketones (excluding diaryl/α,β-unsaturated/α-hetero) is 1. The van der Waals surface area contributed by atoms with Crippen molar-refractivity contribution in [2.75, 3.05) is 11.5 Å². The standard InChI is InChI=1S/C25H17Cl2NO5/c1-13-4-3-5-14(2)22(13)28-23(30)17-8-6-16(10-18(17)24(28)31)25(32)33-12-21(29)15-7-9-19(26)20(27)11-15/h3-11H,12H2,1-2H3. The largest absolute Gasteiger partial charge is 0.454 e. The molecule has 0 spiro atoms. The Morgan fingerprint density at radius 3 is 2.12 bits per heavy atom. The molecule has 0 atom stereocenters. The molecule has 0 radical (unpaired) electrons. The molecule has 1 aliphatic rings. The Balaban J connectivity index is 1.53. The maximum absolute atomic E-state index is 13.1. The SMILES string of the molecule is Cc1cccc(C)c1N1C(=O)c2ccc(C(=O)OCC(=O)c3ccc(Cl)c(Cl)c3)cc2C1=O. The van der Waals surface area contributed by atoms with E-state index in [1.54, 1.807) is 0 Å². The number of hydrogen-bond acceptors (Lipinski definition) is 5. The molecule has 1 heterocycles. The van der Waals surface area contributed by atoms with Crippen LogP contribution in [0, 0.1) is 13.8 Å². The van der Waals surface area contributed by atoms with E-state index in [4.69, 9.17) is 27.9 Å². The summed E-state index contributed by atoms with van der Waals surface area (Å²) in [6, 6.07) is 14.0. The summed E-state index contributed by atoms with van der Waals surface area (Å²) in [4.78, 5) is 52.0. The second kappa shape index (κ2) is 8.81. The van der Waals surface area contributed by atoms with Crippen molar-refractivity contribution in [3.05, 3.63) is 98.0 Å². The summed E-state index contributed by atoms with van der Waals surface area (Å²) in [6.07, 6.45) is 0. The van der Waals surface area contributed by atoms with Crippen LogP contribution in [0.2, 0.25) is 10.0 Å². The molecule has 166 valence electrons. The molecule has 4 rings (SSSR count). The summed E-state index contributed by atoms with van der Waals surface area (Å²) in [5, 5.41) is 0.515. The number of fused-ring (bicyclic) bond motifs is 1. The molecule has 3 aromatic rings. The number of para-hydroxylation sites is 1. The van der Waals surface area contributed by atoms with E-state index in [9.17, 15) is 19.2 Å². The molecule has 0 aromatic heterocycles. The van der Waals surface area contributed by atoms with Gasteiger partial charge in [0, 0.05) is 5.56 Å². The fourth-order valence-electron chi connectivity index (χ4n) is 3.70. The minimum Gasteiger partial charge on any atom is -0.454 e. The molecule has 0 fully saturated rings. The van der Waals surface area contributed by atoms with Gasteiger partial charge in [0.25, 0.3) is 11.8 Å². The zero-order chi connectivity index (χ0) is 23.9. The number of aryl methyl sites for hydroxylation is 2. The van der Waals surface area contributed by atoms with E-state index in [-0.39, 0.29) is 27.3 Å². The fourth-order valence-corrected chi connectivity index (χ4v) is 3.99. The number of amides is 2. The van der Waals surface area contributed by atoms with Crippen LogP contribution in [0.3, 0.4) is 0 Å². The molecular formula is C25H17Cl2NO5. The number of esters is 1. The van der Waals surface area contributed by atoms with E-state index in [2.05, 4.69) is 0 Å². The van der Waals surface area contributed by atoms with Gasteiger partial charge in [-0.15, -0.1) is 0 Å². The number of nitrogens with zero attached hydrogens (tertiary/aromatic N) is 1. The van der Waals surface area contributed by atoms with Crippen molar-refractivity contribution in [3.63, 3.8) is 0 Å². The Morgan fingerprint density at radius 1 is 0.818 bits per heavy atom. The Kier molecular flexibility index (Phi) is 6.06. The van der Waals surface area contributed by atoms with Crippen molar-refractivity contribution in [1.82, 2.24) is 0 Å². The van der Waals surface area contributed by atoms with Crippen LogP contribution in [-0.2, 0) is 4.74 Å². The van der Waals surface area contributed by atoms with Crippen molar-refractivity contribution >= 4 is 52.5 Å². The first kappa shape index (κ1) is 22.7. The number of rotatable bonds is 5. The Labute approximate surface area is 199 Å². The first-order chi connectivity index (χ1) is 15.7. The van der Waals surface area contributed by atoms with Gasteiger partial charge < -0.3 is 4.74 Å². The fraction of sp³-hybridized carbons (Fsp3) is 0.120. The Morgan fingerprint density at radius 2 is 1.45 bits per heavy atom. The zero-order valence-corrected chi connectivity index (χ0v) is 19.2. The average molecular weight is 482 g/mol. The van der Waals surface area contributed by atoms with Gasteiger partial charge in [0.05, 0.1) is 32.4 Å². The van der Waals surface area contributed by atoms with E-state index in [1.165, 1.54) is 36.4 Å². The molecule has 3 aromatic carbocycles. The normalized spacial score (nSPS) is 12.7. The van der Waals surface area contributed by atoms with Crippen molar-refractivity contribution < 1.29 is 23.9 Å². The maximum atomic E-state index is 13.1. The second-order valence-corrected chi connectivity index (χ2v) is 8.39. The molecule has 0 bridgehead atoms. The molecule has 6 nitrogen and oxygen atoms in total. The van der Waals surface area contributed by atoms with Crippen LogP contribution >= 0.6 is 23.2 Å². The minimum absolute atomic E-state index is 0.0557. The van der Waals surface area contributed by atoms with Crippen LogP contribution in [-0.4, -0.2) is 30.2 Å². The van der Waals surface area contributed by atoms with Crippen molar-refractivity contribution in [1.29, 1.82) is 0 Å². The zero-order valence-electron chi connectivity index (χ0n) is 17.6. The highest BCUT2D eigenvalue weighted by Crippen LogP contribution is 2.33. The number of ketones is 1. The van der Waals surface area contributed by atoms with Gasteiger partial charge in [-0.05, 0) is 61.4 Å². The van der Waals surface area contributed by atoms with E-state index in [1.807, 2.05) is 32.0 Å². The van der Waals surface area contributed by atoms with Gasteiger partial charge in [0.2, 0.25) is 0 Å². The minimum atomic E-state index is -0.794. The van der Waals surface area contributed by atoms with Crippen LogP contribution in [0.5, 0.6) is 0 Å². The molecule has 0 saturated heterocycles. The predicted molar refractivity (Wildman–Crippen MR) is 125 cm³/mol. The Bertz CT molecular complexity index is 1330. The monoisotopic (exact) mass is 481 g/mol. The molecule has 1 aliphatic heterocycles. The quantitative estimate of drug-likeness (QED) is 0.275. The van der Waals surface area contributed by atoms with Crippen LogP contribution in [0.4, 0.5) is 5.69 Å². The summed E-state index contributed by atoms with van der Waals surface area (Å²) in [5.74, 6) is -2.23. The summed E-state index contributed by atoms with van der Waals surface area (Å²) >= 11 is 11.8. The summed E-state index contributed by atoms with van der Waals surface area (Å²) in [6.45, 7) is 3.12. The first-order valence-electron chi connectivity index (χ1n) is 9.93. The summed E-state index contributed by atoms with van der Waals surface area (Å²) < 4.78 is 5.11. The number of imide groups is 1. The van der Waals surface area contributed by atoms with Gasteiger partial charge in [0.15, 0.2) is 12.4 Å². The Hall–Kier alpha value is -3.48. The number of halogens is 2. The van der Waals surface area contributed by atoms with Gasteiger partial charge in [-0.25, -0.2) is 9.69 Å². The number of carbonyl (C=O) groups excluding carboxylic acids is 4. The molecule has 0 unspecified atom stereocenters. The highest BCUT2D eigenvalue weighted by Gasteiger charge is 2.38. The highest BCUT2D eigenvalue weighted by atomic mass is 35.5.